The second kappa shape index (κ2) is 22.1. The first kappa shape index (κ1) is 55.3. The normalized spacial score (nSPS) is 40.7. The summed E-state index contributed by atoms with van der Waals surface area (Å²) in [6.07, 6.45) is 23.4. The van der Waals surface area contributed by atoms with Gasteiger partial charge in [-0.1, -0.05) is 71.9 Å². The van der Waals surface area contributed by atoms with Crippen LogP contribution >= 0.6 is 0 Å². The number of carbonyl (C=O) groups is 5. The standard InChI is InChI=1S/C64H96O10/c1-40(51-21-23-53-49-19-17-45-35-47(73-42(3)65)27-31-61(45,6)55(49)29-33-63(51,53)8)15-25-57(67)71-38-60(5,59(69)70-37-44-13-11-10-12-14-44)39-72-58(68)26-16-41(2)52-22-24-54-50-20-18-46-36-48(74-43(4)66)28-32-62(46,7)56(50)30-34-64(52,54)9/h10-14,40-41,45-56H,15-39H2,1-9H3/t40-,41-,45+,46+,47-,48-,49+,50+,51-,52-,53+,54+,55+,56+,61+,62+,63-,64-/m1/s1. The second-order valence-corrected chi connectivity index (χ2v) is 27.8. The molecule has 0 aromatic heterocycles. The molecule has 1 aromatic rings. The lowest BCUT2D eigenvalue weighted by Gasteiger charge is -2.61. The quantitative estimate of drug-likeness (QED) is 0.110. The van der Waals surface area contributed by atoms with E-state index >= 15 is 0 Å². The van der Waals surface area contributed by atoms with E-state index in [-0.39, 0.29) is 79.6 Å². The van der Waals surface area contributed by atoms with Gasteiger partial charge in [-0.25, -0.2) is 0 Å². The molecule has 10 heteroatoms. The SMILES string of the molecule is CC(=O)O[C@@H]1CC[C@@]2(C)[C@@H](CC[C@@H]3[C@@H]2CC[C@]2(C)[C@@H]([C@H](C)CCC(=O)OCC(C)(COC(=O)CC[C@@H](C)[C@H]4CC[C@H]5[C@@H]6CC[C@H]7C[C@H](OC(C)=O)CC[C@]7(C)[C@H]6CC[C@]45C)C(=O)OCc4ccccc4)CC[C@@H]32)C1. The smallest absolute Gasteiger partial charge is 0.319 e. The molecule has 1 aromatic carbocycles. The van der Waals surface area contributed by atoms with Gasteiger partial charge in [0, 0.05) is 26.7 Å². The van der Waals surface area contributed by atoms with Crippen molar-refractivity contribution in [3.63, 3.8) is 0 Å². The molecule has 8 fully saturated rings. The van der Waals surface area contributed by atoms with Gasteiger partial charge in [0.25, 0.3) is 0 Å². The number of esters is 5. The zero-order chi connectivity index (χ0) is 52.8. The molecule has 74 heavy (non-hydrogen) atoms. The predicted molar refractivity (Wildman–Crippen MR) is 285 cm³/mol. The molecule has 8 saturated carbocycles. The van der Waals surface area contributed by atoms with Gasteiger partial charge in [-0.05, 0) is 234 Å². The number of fused-ring (bicyclic) bond motifs is 10. The van der Waals surface area contributed by atoms with E-state index < -0.39 is 11.4 Å². The largest absolute Gasteiger partial charge is 0.464 e. The summed E-state index contributed by atoms with van der Waals surface area (Å²) in [6, 6.07) is 9.53. The maximum Gasteiger partial charge on any atom is 0.319 e. The third-order valence-electron chi connectivity index (χ3n) is 23.8. The molecular formula is C64H96O10. The number of hydrogen-bond acceptors (Lipinski definition) is 10. The van der Waals surface area contributed by atoms with Gasteiger partial charge in [0.2, 0.25) is 0 Å². The summed E-state index contributed by atoms with van der Waals surface area (Å²) in [4.78, 5) is 64.8. The van der Waals surface area contributed by atoms with Gasteiger partial charge in [0.15, 0.2) is 0 Å². The molecule has 8 aliphatic rings. The number of rotatable bonds is 17. The highest BCUT2D eigenvalue weighted by Gasteiger charge is 2.63. The predicted octanol–water partition coefficient (Wildman–Crippen LogP) is 13.8. The van der Waals surface area contributed by atoms with Crippen molar-refractivity contribution in [3.05, 3.63) is 35.9 Å². The Bertz CT molecular complexity index is 2050. The molecule has 0 spiro atoms. The highest BCUT2D eigenvalue weighted by Crippen LogP contribution is 2.70. The van der Waals surface area contributed by atoms with E-state index in [1.807, 2.05) is 30.3 Å². The number of carbonyl (C=O) groups excluding carboxylic acids is 5. The summed E-state index contributed by atoms with van der Waals surface area (Å²) in [5.41, 5.74) is 0.648. The lowest BCUT2D eigenvalue weighted by molar-refractivity contribution is -0.171. The fourth-order valence-corrected chi connectivity index (χ4v) is 19.8. The summed E-state index contributed by atoms with van der Waals surface area (Å²) in [5, 5.41) is 0. The Morgan fingerprint density at radius 1 is 0.541 bits per heavy atom. The Kier molecular flexibility index (Phi) is 16.5. The van der Waals surface area contributed by atoms with E-state index in [2.05, 4.69) is 41.5 Å². The van der Waals surface area contributed by atoms with Crippen molar-refractivity contribution in [3.8, 4) is 0 Å². The van der Waals surface area contributed by atoms with Crippen molar-refractivity contribution >= 4 is 29.8 Å². The molecular weight excluding hydrogens is 929 g/mol. The topological polar surface area (TPSA) is 132 Å². The van der Waals surface area contributed by atoms with E-state index in [4.69, 9.17) is 23.7 Å². The van der Waals surface area contributed by atoms with Crippen LogP contribution in [0.2, 0.25) is 0 Å². The van der Waals surface area contributed by atoms with Gasteiger partial charge in [0.05, 0.1) is 0 Å². The third-order valence-corrected chi connectivity index (χ3v) is 23.8. The molecule has 0 saturated heterocycles. The minimum absolute atomic E-state index is 0.0738. The summed E-state index contributed by atoms with van der Waals surface area (Å²) in [5.74, 6) is 5.94. The number of ether oxygens (including phenoxy) is 5. The van der Waals surface area contributed by atoms with Crippen LogP contribution in [0.25, 0.3) is 0 Å². The van der Waals surface area contributed by atoms with Gasteiger partial charge in [-0.2, -0.15) is 0 Å². The van der Waals surface area contributed by atoms with Crippen LogP contribution < -0.4 is 0 Å². The highest BCUT2D eigenvalue weighted by atomic mass is 16.6. The van der Waals surface area contributed by atoms with Crippen molar-refractivity contribution < 1.29 is 47.7 Å². The zero-order valence-electron chi connectivity index (χ0n) is 47.2. The molecule has 0 bridgehead atoms. The number of hydrogen-bond donors (Lipinski definition) is 0. The Morgan fingerprint density at radius 2 is 0.959 bits per heavy atom. The van der Waals surface area contributed by atoms with Crippen LogP contribution in [0, 0.1) is 98.1 Å². The van der Waals surface area contributed by atoms with Crippen LogP contribution in [0.4, 0.5) is 0 Å². The lowest BCUT2D eigenvalue weighted by atomic mass is 9.44. The maximum atomic E-state index is 13.9. The van der Waals surface area contributed by atoms with E-state index in [0.717, 1.165) is 80.6 Å². The molecule has 412 valence electrons. The van der Waals surface area contributed by atoms with E-state index in [1.165, 1.54) is 77.0 Å². The Hall–Kier alpha value is -3.43. The van der Waals surface area contributed by atoms with E-state index in [9.17, 15) is 24.0 Å². The lowest BCUT2D eigenvalue weighted by Crippen LogP contribution is -2.54. The van der Waals surface area contributed by atoms with Crippen LogP contribution in [0.3, 0.4) is 0 Å². The average molecular weight is 1030 g/mol. The van der Waals surface area contributed by atoms with Crippen molar-refractivity contribution in [1.29, 1.82) is 0 Å². The van der Waals surface area contributed by atoms with Gasteiger partial charge < -0.3 is 23.7 Å². The van der Waals surface area contributed by atoms with E-state index in [1.54, 1.807) is 20.8 Å². The summed E-state index contributed by atoms with van der Waals surface area (Å²) in [6.45, 7) is 19.3. The molecule has 0 radical (unpaired) electrons. The second-order valence-electron chi connectivity index (χ2n) is 27.8. The summed E-state index contributed by atoms with van der Waals surface area (Å²) >= 11 is 0. The average Bonchev–Trinajstić information content (AvgIpc) is 3.92. The van der Waals surface area contributed by atoms with Crippen LogP contribution in [-0.2, 0) is 54.3 Å². The summed E-state index contributed by atoms with van der Waals surface area (Å²) in [7, 11) is 0. The van der Waals surface area contributed by atoms with Crippen molar-refractivity contribution in [2.75, 3.05) is 13.2 Å². The zero-order valence-corrected chi connectivity index (χ0v) is 47.2. The Morgan fingerprint density at radius 3 is 1.39 bits per heavy atom. The van der Waals surface area contributed by atoms with Gasteiger partial charge in [-0.3, -0.25) is 24.0 Å². The van der Waals surface area contributed by atoms with Crippen molar-refractivity contribution in [2.24, 2.45) is 98.1 Å². The molecule has 18 atom stereocenters. The van der Waals surface area contributed by atoms with Crippen LogP contribution in [0.1, 0.15) is 209 Å². The monoisotopic (exact) mass is 1020 g/mol. The fraction of sp³-hybridized carbons (Fsp3) is 0.828. The van der Waals surface area contributed by atoms with Crippen molar-refractivity contribution in [2.45, 2.75) is 222 Å². The summed E-state index contributed by atoms with van der Waals surface area (Å²) < 4.78 is 29.2. The maximum absolute atomic E-state index is 13.9. The van der Waals surface area contributed by atoms with Gasteiger partial charge >= 0.3 is 29.8 Å². The first-order chi connectivity index (χ1) is 35.2. The Balaban J connectivity index is 0.758. The molecule has 10 nitrogen and oxygen atoms in total. The van der Waals surface area contributed by atoms with Crippen LogP contribution in [0.5, 0.6) is 0 Å². The number of benzene rings is 1. The molecule has 0 unspecified atom stereocenters. The molecule has 0 aliphatic heterocycles. The first-order valence-corrected chi connectivity index (χ1v) is 30.0. The van der Waals surface area contributed by atoms with Gasteiger partial charge in [-0.15, -0.1) is 0 Å². The van der Waals surface area contributed by atoms with E-state index in [0.29, 0.717) is 58.2 Å². The molecule has 8 aliphatic carbocycles. The molecule has 0 amide bonds. The molecule has 9 rings (SSSR count). The van der Waals surface area contributed by atoms with Crippen LogP contribution in [-0.4, -0.2) is 55.3 Å². The minimum Gasteiger partial charge on any atom is -0.464 e. The molecule has 0 heterocycles. The fourth-order valence-electron chi connectivity index (χ4n) is 19.8. The minimum atomic E-state index is -1.36. The Labute approximate surface area is 445 Å². The highest BCUT2D eigenvalue weighted by molar-refractivity contribution is 5.78. The third kappa shape index (κ3) is 10.9. The molecule has 0 N–H and O–H groups in total. The van der Waals surface area contributed by atoms with Gasteiger partial charge in [0.1, 0.15) is 37.4 Å². The van der Waals surface area contributed by atoms with Crippen LogP contribution in [0.15, 0.2) is 30.3 Å². The van der Waals surface area contributed by atoms with Crippen molar-refractivity contribution in [1.82, 2.24) is 0 Å². The first-order valence-electron chi connectivity index (χ1n) is 30.0.